The molecule has 1 N–H and O–H groups in total. The van der Waals surface area contributed by atoms with E-state index in [2.05, 4.69) is 51.2 Å². The number of nitrogens with zero attached hydrogens (tertiary/aromatic N) is 2. The van der Waals surface area contributed by atoms with Gasteiger partial charge in [0, 0.05) is 4.70 Å². The lowest BCUT2D eigenvalue weighted by Crippen LogP contribution is -2.22. The minimum atomic E-state index is -0.399. The van der Waals surface area contributed by atoms with Crippen molar-refractivity contribution in [3.63, 3.8) is 0 Å². The summed E-state index contributed by atoms with van der Waals surface area (Å²) >= 11 is 1.87. The first-order valence-corrected chi connectivity index (χ1v) is 11.8. The van der Waals surface area contributed by atoms with Crippen LogP contribution < -0.4 is 0 Å². The second-order valence-corrected chi connectivity index (χ2v) is 9.79. The highest BCUT2D eigenvalue weighted by atomic mass is 32.1. The molecule has 2 saturated carbocycles. The second-order valence-electron chi connectivity index (χ2n) is 8.88. The quantitative estimate of drug-likeness (QED) is 0.427. The summed E-state index contributed by atoms with van der Waals surface area (Å²) in [4.78, 5) is 4.34. The zero-order valence-electron chi connectivity index (χ0n) is 16.5. The molecule has 3 heterocycles. The van der Waals surface area contributed by atoms with Crippen molar-refractivity contribution in [2.75, 3.05) is 0 Å². The lowest BCUT2D eigenvalue weighted by atomic mass is 9.75. The highest BCUT2D eigenvalue weighted by molar-refractivity contribution is 7.17. The van der Waals surface area contributed by atoms with Gasteiger partial charge in [-0.25, -0.2) is 4.98 Å². The van der Waals surface area contributed by atoms with Crippen LogP contribution in [-0.2, 0) is 0 Å². The van der Waals surface area contributed by atoms with Gasteiger partial charge in [-0.3, -0.25) is 0 Å². The van der Waals surface area contributed by atoms with Crippen molar-refractivity contribution in [2.24, 2.45) is 5.92 Å². The molecule has 2 aliphatic rings. The summed E-state index contributed by atoms with van der Waals surface area (Å²) in [6, 6.07) is 13.2. The standard InChI is InChI=1S/C25H26N2OS/c28-25(24-20(16-5-6-16)12-11-19-13-26-15-27(19)24)18-9-7-17(8-10-18)22-14-29-23-4-2-1-3-21(22)23/h1-4,11-18,25,28H,5-10H2/t17-,18-,25-/m0/s1. The summed E-state index contributed by atoms with van der Waals surface area (Å²) in [6.45, 7) is 0. The fourth-order valence-corrected chi connectivity index (χ4v) is 6.41. The third-order valence-corrected chi connectivity index (χ3v) is 8.10. The smallest absolute Gasteiger partial charge is 0.0995 e. The number of imidazole rings is 1. The third-order valence-electron chi connectivity index (χ3n) is 7.12. The number of aliphatic hydroxyl groups excluding tert-OH is 1. The van der Waals surface area contributed by atoms with Gasteiger partial charge >= 0.3 is 0 Å². The molecule has 0 unspecified atom stereocenters. The Hall–Kier alpha value is -2.17. The van der Waals surface area contributed by atoms with Crippen LogP contribution in [0, 0.1) is 5.92 Å². The number of benzene rings is 1. The Kier molecular flexibility index (Phi) is 4.24. The van der Waals surface area contributed by atoms with Gasteiger partial charge in [0.1, 0.15) is 0 Å². The Bertz CT molecular complexity index is 1160. The molecule has 3 nitrogen and oxygen atoms in total. The van der Waals surface area contributed by atoms with Crippen molar-refractivity contribution in [3.05, 3.63) is 71.1 Å². The van der Waals surface area contributed by atoms with E-state index in [1.165, 1.54) is 46.9 Å². The van der Waals surface area contributed by atoms with Crippen LogP contribution in [0.3, 0.4) is 0 Å². The molecule has 2 aliphatic carbocycles. The topological polar surface area (TPSA) is 37.5 Å². The Morgan fingerprint density at radius 2 is 1.69 bits per heavy atom. The van der Waals surface area contributed by atoms with Gasteiger partial charge in [-0.15, -0.1) is 11.3 Å². The van der Waals surface area contributed by atoms with E-state index in [1.54, 1.807) is 0 Å². The first kappa shape index (κ1) is 17.7. The fraction of sp³-hybridized carbons (Fsp3) is 0.400. The predicted octanol–water partition coefficient (Wildman–Crippen LogP) is 6.43. The molecule has 1 atom stereocenters. The number of fused-ring (bicyclic) bond motifs is 2. The molecule has 2 fully saturated rings. The predicted molar refractivity (Wildman–Crippen MR) is 119 cm³/mol. The average Bonchev–Trinajstić information content (AvgIpc) is 3.34. The first-order chi connectivity index (χ1) is 14.3. The molecular weight excluding hydrogens is 376 g/mol. The third kappa shape index (κ3) is 3.01. The number of rotatable bonds is 4. The number of hydrogen-bond acceptors (Lipinski definition) is 3. The van der Waals surface area contributed by atoms with E-state index < -0.39 is 6.10 Å². The van der Waals surface area contributed by atoms with Crippen LogP contribution >= 0.6 is 11.3 Å². The monoisotopic (exact) mass is 402 g/mol. The molecule has 0 bridgehead atoms. The van der Waals surface area contributed by atoms with Crippen LogP contribution in [0.4, 0.5) is 0 Å². The van der Waals surface area contributed by atoms with Crippen LogP contribution in [0.15, 0.2) is 54.3 Å². The van der Waals surface area contributed by atoms with Crippen molar-refractivity contribution in [2.45, 2.75) is 56.5 Å². The van der Waals surface area contributed by atoms with Crippen LogP contribution in [0.5, 0.6) is 0 Å². The Balaban J connectivity index is 1.26. The number of thiophene rings is 1. The van der Waals surface area contributed by atoms with E-state index in [0.29, 0.717) is 17.8 Å². The van der Waals surface area contributed by atoms with E-state index in [4.69, 9.17) is 0 Å². The van der Waals surface area contributed by atoms with E-state index in [9.17, 15) is 5.11 Å². The number of aliphatic hydroxyl groups is 1. The zero-order valence-corrected chi connectivity index (χ0v) is 17.3. The Labute approximate surface area is 175 Å². The van der Waals surface area contributed by atoms with E-state index in [0.717, 1.165) is 24.1 Å². The molecule has 0 aliphatic heterocycles. The van der Waals surface area contributed by atoms with E-state index in [1.807, 2.05) is 23.9 Å². The SMILES string of the molecule is O[C@H](c1c(C2CC2)ccc2cncn12)[C@H]1CC[C@H](c2csc3ccccc32)CC1. The van der Waals surface area contributed by atoms with Gasteiger partial charge in [0.15, 0.2) is 0 Å². The lowest BCUT2D eigenvalue weighted by molar-refractivity contribution is 0.0755. The molecule has 1 aromatic carbocycles. The molecule has 4 aromatic rings. The van der Waals surface area contributed by atoms with Crippen molar-refractivity contribution in [1.29, 1.82) is 0 Å². The van der Waals surface area contributed by atoms with Gasteiger partial charge in [-0.2, -0.15) is 0 Å². The second kappa shape index (κ2) is 6.96. The van der Waals surface area contributed by atoms with Gasteiger partial charge in [-0.05, 0) is 90.3 Å². The molecule has 0 amide bonds. The van der Waals surface area contributed by atoms with Crippen LogP contribution in [0.25, 0.3) is 15.6 Å². The molecule has 0 spiro atoms. The van der Waals surface area contributed by atoms with Crippen LogP contribution in [0.2, 0.25) is 0 Å². The molecule has 29 heavy (non-hydrogen) atoms. The molecule has 148 valence electrons. The van der Waals surface area contributed by atoms with Gasteiger partial charge < -0.3 is 9.51 Å². The summed E-state index contributed by atoms with van der Waals surface area (Å²) in [5.74, 6) is 1.59. The Morgan fingerprint density at radius 1 is 0.931 bits per heavy atom. The maximum Gasteiger partial charge on any atom is 0.0995 e. The average molecular weight is 403 g/mol. The van der Waals surface area contributed by atoms with Crippen LogP contribution in [0.1, 0.15) is 73.3 Å². The molecule has 0 saturated heterocycles. The normalized spacial score (nSPS) is 23.6. The maximum absolute atomic E-state index is 11.5. The van der Waals surface area contributed by atoms with Gasteiger partial charge in [0.05, 0.1) is 29.8 Å². The minimum Gasteiger partial charge on any atom is -0.387 e. The lowest BCUT2D eigenvalue weighted by Gasteiger charge is -2.32. The van der Waals surface area contributed by atoms with Crippen molar-refractivity contribution in [3.8, 4) is 0 Å². The summed E-state index contributed by atoms with van der Waals surface area (Å²) in [5.41, 5.74) is 5.05. The summed E-state index contributed by atoms with van der Waals surface area (Å²) in [5, 5.41) is 15.3. The molecular formula is C25H26N2OS. The summed E-state index contributed by atoms with van der Waals surface area (Å²) < 4.78 is 3.53. The maximum atomic E-state index is 11.5. The Morgan fingerprint density at radius 3 is 2.52 bits per heavy atom. The molecule has 0 radical (unpaired) electrons. The highest BCUT2D eigenvalue weighted by Gasteiger charge is 2.34. The molecule has 6 rings (SSSR count). The van der Waals surface area contributed by atoms with E-state index in [-0.39, 0.29) is 0 Å². The van der Waals surface area contributed by atoms with Crippen LogP contribution in [-0.4, -0.2) is 14.5 Å². The van der Waals surface area contributed by atoms with Crippen molar-refractivity contribution >= 4 is 26.9 Å². The fourth-order valence-electron chi connectivity index (χ4n) is 5.37. The first-order valence-electron chi connectivity index (χ1n) is 10.9. The zero-order chi connectivity index (χ0) is 19.4. The molecule has 4 heteroatoms. The summed E-state index contributed by atoms with van der Waals surface area (Å²) in [7, 11) is 0. The molecule has 3 aromatic heterocycles. The number of hydrogen-bond donors (Lipinski definition) is 1. The van der Waals surface area contributed by atoms with E-state index >= 15 is 0 Å². The van der Waals surface area contributed by atoms with Crippen molar-refractivity contribution < 1.29 is 5.11 Å². The number of aromatic nitrogens is 2. The highest BCUT2D eigenvalue weighted by Crippen LogP contribution is 2.48. The number of pyridine rings is 1. The minimum absolute atomic E-state index is 0.335. The van der Waals surface area contributed by atoms with Gasteiger partial charge in [0.2, 0.25) is 0 Å². The van der Waals surface area contributed by atoms with Crippen molar-refractivity contribution in [1.82, 2.24) is 9.38 Å². The van der Waals surface area contributed by atoms with Gasteiger partial charge in [0.25, 0.3) is 0 Å². The van der Waals surface area contributed by atoms with Gasteiger partial charge in [-0.1, -0.05) is 24.3 Å². The summed E-state index contributed by atoms with van der Waals surface area (Å²) in [6.07, 6.45) is 10.4. The largest absolute Gasteiger partial charge is 0.387 e.